The minimum absolute atomic E-state index is 0.0837. The number of carbonyl (C=O) groups excluding carboxylic acids is 1. The minimum atomic E-state index is -0.707. The van der Waals surface area contributed by atoms with Gasteiger partial charge in [-0.15, -0.1) is 0 Å². The summed E-state index contributed by atoms with van der Waals surface area (Å²) in [5.41, 5.74) is -0.671. The van der Waals surface area contributed by atoms with Crippen molar-refractivity contribution in [1.82, 2.24) is 0 Å². The van der Waals surface area contributed by atoms with Gasteiger partial charge in [-0.2, -0.15) is 0 Å². The van der Waals surface area contributed by atoms with Gasteiger partial charge in [-0.1, -0.05) is 0 Å². The largest absolute Gasteiger partial charge is 0.507 e. The summed E-state index contributed by atoms with van der Waals surface area (Å²) in [5.74, 6) is -1.75. The van der Waals surface area contributed by atoms with E-state index in [0.717, 1.165) is 12.1 Å². The molecule has 0 fully saturated rings. The van der Waals surface area contributed by atoms with Gasteiger partial charge >= 0.3 is 0 Å². The maximum Gasteiger partial charge on any atom is 0.207 e. The Kier molecular flexibility index (Phi) is 1.76. The zero-order chi connectivity index (χ0) is 11.2. The summed E-state index contributed by atoms with van der Waals surface area (Å²) in [6.07, 6.45) is 0.837. The van der Waals surface area contributed by atoms with E-state index in [1.54, 1.807) is 0 Å². The number of aliphatic hydroxyl groups excluding tert-OH is 1. The summed E-state index contributed by atoms with van der Waals surface area (Å²) in [7, 11) is 0. The number of ketones is 1. The van der Waals surface area contributed by atoms with Crippen LogP contribution in [-0.4, -0.2) is 26.8 Å². The van der Waals surface area contributed by atoms with E-state index >= 15 is 0 Å². The van der Waals surface area contributed by atoms with E-state index in [1.807, 2.05) is 0 Å². The lowest BCUT2D eigenvalue weighted by molar-refractivity contribution is -0.108. The molecule has 0 radical (unpaired) electrons. The van der Waals surface area contributed by atoms with E-state index in [4.69, 9.17) is 5.41 Å². The molecule has 0 aromatic heterocycles. The first-order chi connectivity index (χ1) is 7.02. The van der Waals surface area contributed by atoms with Crippen LogP contribution in [0.2, 0.25) is 0 Å². The fourth-order valence-electron chi connectivity index (χ4n) is 1.48. The minimum Gasteiger partial charge on any atom is -0.507 e. The molecule has 76 valence electrons. The molecular weight excluding hydrogens is 198 g/mol. The number of hydrogen-bond donors (Lipinski definition) is 4. The van der Waals surface area contributed by atoms with Crippen molar-refractivity contribution >= 4 is 17.3 Å². The summed E-state index contributed by atoms with van der Waals surface area (Å²) in [6, 6.07) is 2.34. The topological polar surface area (TPSA) is 102 Å². The molecule has 0 aliphatic heterocycles. The van der Waals surface area contributed by atoms with Crippen molar-refractivity contribution in [2.75, 3.05) is 0 Å². The highest BCUT2D eigenvalue weighted by atomic mass is 16.3. The summed E-state index contributed by atoms with van der Waals surface area (Å²) in [5, 5.41) is 35.7. The standard InChI is InChI=1S/C10H7NO4/c11-10-7(15)3-6(14)8-4(12)1-2-5(13)9(8)10/h1-3,11-14H. The second-order valence-corrected chi connectivity index (χ2v) is 3.12. The molecule has 0 saturated heterocycles. The van der Waals surface area contributed by atoms with Crippen LogP contribution in [0.15, 0.2) is 18.2 Å². The van der Waals surface area contributed by atoms with Crippen LogP contribution in [0.25, 0.3) is 5.76 Å². The zero-order valence-corrected chi connectivity index (χ0v) is 7.48. The number of allylic oxidation sites excluding steroid dienone is 1. The van der Waals surface area contributed by atoms with E-state index in [9.17, 15) is 20.1 Å². The highest BCUT2D eigenvalue weighted by Crippen LogP contribution is 2.36. The normalized spacial score (nSPS) is 14.8. The third-order valence-corrected chi connectivity index (χ3v) is 2.18. The molecule has 0 amide bonds. The number of carbonyl (C=O) groups is 1. The van der Waals surface area contributed by atoms with Crippen molar-refractivity contribution in [2.45, 2.75) is 0 Å². The van der Waals surface area contributed by atoms with Crippen LogP contribution in [0, 0.1) is 5.41 Å². The number of benzene rings is 1. The monoisotopic (exact) mass is 205 g/mol. The van der Waals surface area contributed by atoms with E-state index < -0.39 is 17.3 Å². The summed E-state index contributed by atoms with van der Waals surface area (Å²) < 4.78 is 0. The first-order valence-electron chi connectivity index (χ1n) is 4.11. The van der Waals surface area contributed by atoms with Crippen molar-refractivity contribution < 1.29 is 20.1 Å². The van der Waals surface area contributed by atoms with Crippen LogP contribution >= 0.6 is 0 Å². The van der Waals surface area contributed by atoms with Gasteiger partial charge < -0.3 is 15.3 Å². The molecule has 15 heavy (non-hydrogen) atoms. The van der Waals surface area contributed by atoms with Crippen LogP contribution in [0.3, 0.4) is 0 Å². The van der Waals surface area contributed by atoms with Gasteiger partial charge in [0.2, 0.25) is 5.78 Å². The average Bonchev–Trinajstić information content (AvgIpc) is 2.18. The van der Waals surface area contributed by atoms with Gasteiger partial charge in [0, 0.05) is 6.08 Å². The number of hydrogen-bond acceptors (Lipinski definition) is 5. The molecule has 5 heteroatoms. The lowest BCUT2D eigenvalue weighted by Gasteiger charge is -2.16. The maximum absolute atomic E-state index is 11.2. The van der Waals surface area contributed by atoms with Crippen LogP contribution in [0.4, 0.5) is 0 Å². The molecule has 5 nitrogen and oxygen atoms in total. The predicted molar refractivity (Wildman–Crippen MR) is 52.2 cm³/mol. The number of phenols is 2. The highest BCUT2D eigenvalue weighted by Gasteiger charge is 2.28. The predicted octanol–water partition coefficient (Wildman–Crippen LogP) is 0.947. The van der Waals surface area contributed by atoms with Gasteiger partial charge in [-0.3, -0.25) is 10.2 Å². The summed E-state index contributed by atoms with van der Waals surface area (Å²) in [4.78, 5) is 11.2. The van der Waals surface area contributed by atoms with Gasteiger partial charge in [-0.25, -0.2) is 0 Å². The number of aliphatic hydroxyl groups is 1. The second kappa shape index (κ2) is 2.84. The van der Waals surface area contributed by atoms with E-state index in [2.05, 4.69) is 0 Å². The Morgan fingerprint density at radius 2 is 1.53 bits per heavy atom. The molecule has 1 aliphatic carbocycles. The smallest absolute Gasteiger partial charge is 0.207 e. The zero-order valence-electron chi connectivity index (χ0n) is 7.48. The summed E-state index contributed by atoms with van der Waals surface area (Å²) >= 11 is 0. The lowest BCUT2D eigenvalue weighted by Crippen LogP contribution is -2.18. The van der Waals surface area contributed by atoms with Gasteiger partial charge in [0.05, 0.1) is 11.1 Å². The Hall–Kier alpha value is -2.30. The molecule has 0 unspecified atom stereocenters. The molecule has 1 aromatic rings. The van der Waals surface area contributed by atoms with Crippen LogP contribution in [0.5, 0.6) is 11.5 Å². The van der Waals surface area contributed by atoms with E-state index in [-0.39, 0.29) is 22.6 Å². The van der Waals surface area contributed by atoms with Crippen molar-refractivity contribution in [1.29, 1.82) is 5.41 Å². The van der Waals surface area contributed by atoms with Crippen LogP contribution < -0.4 is 0 Å². The Morgan fingerprint density at radius 1 is 1.00 bits per heavy atom. The molecule has 0 atom stereocenters. The lowest BCUT2D eigenvalue weighted by atomic mass is 9.92. The number of aromatic hydroxyl groups is 2. The molecule has 0 bridgehead atoms. The number of rotatable bonds is 0. The molecule has 0 heterocycles. The third-order valence-electron chi connectivity index (χ3n) is 2.18. The van der Waals surface area contributed by atoms with Crippen molar-refractivity contribution in [3.8, 4) is 11.5 Å². The van der Waals surface area contributed by atoms with Crippen molar-refractivity contribution in [2.24, 2.45) is 0 Å². The molecule has 2 rings (SSSR count). The van der Waals surface area contributed by atoms with Gasteiger partial charge in [0.1, 0.15) is 23.0 Å². The summed E-state index contributed by atoms with van der Waals surface area (Å²) in [6.45, 7) is 0. The van der Waals surface area contributed by atoms with Crippen molar-refractivity contribution in [3.05, 3.63) is 29.3 Å². The third kappa shape index (κ3) is 1.17. The quantitative estimate of drug-likeness (QED) is 0.473. The fourth-order valence-corrected chi connectivity index (χ4v) is 1.48. The SMILES string of the molecule is N=C1C(=O)C=C(O)c2c(O)ccc(O)c21. The maximum atomic E-state index is 11.2. The molecule has 0 spiro atoms. The average molecular weight is 205 g/mol. The second-order valence-electron chi connectivity index (χ2n) is 3.12. The molecule has 1 aliphatic rings. The van der Waals surface area contributed by atoms with Gasteiger partial charge in [0.15, 0.2) is 0 Å². The Labute approximate surface area is 84.4 Å². The highest BCUT2D eigenvalue weighted by molar-refractivity contribution is 6.52. The molecule has 0 saturated carbocycles. The van der Waals surface area contributed by atoms with Crippen LogP contribution in [-0.2, 0) is 4.79 Å². The van der Waals surface area contributed by atoms with Gasteiger partial charge in [0.25, 0.3) is 0 Å². The first kappa shape index (κ1) is 9.26. The Balaban J connectivity index is 2.85. The molecular formula is C10H7NO4. The molecule has 4 N–H and O–H groups in total. The number of nitrogens with one attached hydrogen (secondary N) is 1. The van der Waals surface area contributed by atoms with E-state index in [0.29, 0.717) is 0 Å². The molecule has 1 aromatic carbocycles. The Bertz CT molecular complexity index is 516. The van der Waals surface area contributed by atoms with Crippen molar-refractivity contribution in [3.63, 3.8) is 0 Å². The van der Waals surface area contributed by atoms with Gasteiger partial charge in [-0.05, 0) is 12.1 Å². The fraction of sp³-hybridized carbons (Fsp3) is 0. The van der Waals surface area contributed by atoms with E-state index in [1.165, 1.54) is 6.07 Å². The number of fused-ring (bicyclic) bond motifs is 1. The Morgan fingerprint density at radius 3 is 2.13 bits per heavy atom. The number of phenolic OH excluding ortho intramolecular Hbond substituents is 2. The first-order valence-corrected chi connectivity index (χ1v) is 4.11. The van der Waals surface area contributed by atoms with Crippen LogP contribution in [0.1, 0.15) is 11.1 Å².